The van der Waals surface area contributed by atoms with Crippen LogP contribution in [0.4, 0.5) is 23.7 Å². The number of nitrogens with one attached hydrogen (secondary N) is 1. The van der Waals surface area contributed by atoms with Crippen molar-refractivity contribution < 1.29 is 27.5 Å². The van der Waals surface area contributed by atoms with Crippen LogP contribution in [-0.2, 0) is 11.3 Å². The van der Waals surface area contributed by atoms with Crippen molar-refractivity contribution in [3.8, 4) is 5.75 Å². The molecule has 13 heteroatoms. The Morgan fingerprint density at radius 3 is 2.79 bits per heavy atom. The third kappa shape index (κ3) is 3.96. The zero-order valence-electron chi connectivity index (χ0n) is 17.3. The van der Waals surface area contributed by atoms with E-state index < -0.39 is 36.0 Å². The van der Waals surface area contributed by atoms with Crippen LogP contribution in [0.25, 0.3) is 15.8 Å². The Morgan fingerprint density at radius 1 is 1.26 bits per heavy atom. The molecule has 3 aromatic rings. The summed E-state index contributed by atoms with van der Waals surface area (Å²) in [5.41, 5.74) is 0.845. The highest BCUT2D eigenvalue weighted by Crippen LogP contribution is 2.45. The lowest BCUT2D eigenvalue weighted by Crippen LogP contribution is -2.60. The van der Waals surface area contributed by atoms with Crippen LogP contribution in [0.3, 0.4) is 0 Å². The minimum atomic E-state index is -4.48. The number of benzene rings is 1. The summed E-state index contributed by atoms with van der Waals surface area (Å²) in [6.07, 6.45) is 0.949. The normalized spacial score (nSPS) is 20.4. The second-order valence-electron chi connectivity index (χ2n) is 7.60. The van der Waals surface area contributed by atoms with Crippen molar-refractivity contribution in [2.75, 3.05) is 12.0 Å². The summed E-state index contributed by atoms with van der Waals surface area (Å²) in [5, 5.41) is 6.61. The molecule has 1 saturated heterocycles. The van der Waals surface area contributed by atoms with Crippen LogP contribution in [0, 0.1) is 0 Å². The van der Waals surface area contributed by atoms with Crippen molar-refractivity contribution in [3.05, 3.63) is 53.5 Å². The zero-order chi connectivity index (χ0) is 24.2. The van der Waals surface area contributed by atoms with Gasteiger partial charge in [-0.05, 0) is 24.3 Å². The van der Waals surface area contributed by atoms with Crippen molar-refractivity contribution in [2.24, 2.45) is 0 Å². The van der Waals surface area contributed by atoms with Gasteiger partial charge in [-0.25, -0.2) is 9.69 Å². The van der Waals surface area contributed by atoms with Gasteiger partial charge in [-0.3, -0.25) is 14.5 Å². The Balaban J connectivity index is 1.47. The van der Waals surface area contributed by atoms with Gasteiger partial charge >= 0.3 is 12.2 Å². The summed E-state index contributed by atoms with van der Waals surface area (Å²) < 4.78 is 44.4. The maximum atomic E-state index is 13.4. The number of fused-ring (bicyclic) bond motifs is 2. The van der Waals surface area contributed by atoms with Gasteiger partial charge in [0.1, 0.15) is 23.1 Å². The number of alkyl halides is 3. The number of pyridine rings is 1. The minimum absolute atomic E-state index is 0.0559. The second-order valence-corrected chi connectivity index (χ2v) is 9.19. The number of rotatable bonds is 4. The summed E-state index contributed by atoms with van der Waals surface area (Å²) in [7, 11) is 1.52. The summed E-state index contributed by atoms with van der Waals surface area (Å²) >= 11 is 7.58. The molecule has 3 amide bonds. The van der Waals surface area contributed by atoms with Crippen molar-refractivity contribution in [1.29, 1.82) is 0 Å². The Hall–Kier alpha value is -3.25. The smallest absolute Gasteiger partial charge is 0.408 e. The molecule has 2 aliphatic rings. The van der Waals surface area contributed by atoms with E-state index >= 15 is 0 Å². The van der Waals surface area contributed by atoms with Gasteiger partial charge in [-0.1, -0.05) is 11.6 Å². The van der Waals surface area contributed by atoms with Crippen LogP contribution in [0.15, 0.2) is 42.9 Å². The summed E-state index contributed by atoms with van der Waals surface area (Å²) in [6, 6.07) is 3.83. The Labute approximate surface area is 199 Å². The number of carbonyl (C=O) groups excluding carboxylic acids is 2. The van der Waals surface area contributed by atoms with E-state index in [2.05, 4.69) is 15.4 Å². The van der Waals surface area contributed by atoms with Gasteiger partial charge in [0.15, 0.2) is 0 Å². The van der Waals surface area contributed by atoms with E-state index in [4.69, 9.17) is 16.3 Å². The first-order valence-electron chi connectivity index (χ1n) is 9.89. The van der Waals surface area contributed by atoms with Crippen LogP contribution in [0.1, 0.15) is 5.56 Å². The Morgan fingerprint density at radius 2 is 2.06 bits per heavy atom. The van der Waals surface area contributed by atoms with E-state index in [1.807, 2.05) is 0 Å². The lowest BCUT2D eigenvalue weighted by Gasteiger charge is -2.33. The number of methoxy groups -OCH3 is 1. The number of nitrogens with zero attached hydrogens (tertiary/aromatic N) is 4. The van der Waals surface area contributed by atoms with E-state index in [0.29, 0.717) is 25.9 Å². The number of anilines is 1. The predicted octanol–water partition coefficient (Wildman–Crippen LogP) is 4.24. The van der Waals surface area contributed by atoms with E-state index in [1.54, 1.807) is 24.3 Å². The largest absolute Gasteiger partial charge is 0.497 e. The van der Waals surface area contributed by atoms with E-state index in [9.17, 15) is 22.8 Å². The number of amides is 3. The Bertz CT molecular complexity index is 1360. The Kier molecular flexibility index (Phi) is 5.44. The molecule has 34 heavy (non-hydrogen) atoms. The molecule has 4 heterocycles. The molecule has 176 valence electrons. The van der Waals surface area contributed by atoms with Gasteiger partial charge in [0, 0.05) is 27.1 Å². The van der Waals surface area contributed by atoms with Gasteiger partial charge in [-0.2, -0.15) is 18.3 Å². The van der Waals surface area contributed by atoms with Crippen molar-refractivity contribution >= 4 is 56.8 Å². The molecule has 1 N–H and O–H groups in total. The van der Waals surface area contributed by atoms with Gasteiger partial charge in [-0.15, -0.1) is 11.8 Å². The van der Waals surface area contributed by atoms with Crippen molar-refractivity contribution in [2.45, 2.75) is 24.0 Å². The van der Waals surface area contributed by atoms with Gasteiger partial charge < -0.3 is 10.1 Å². The monoisotopic (exact) mass is 509 g/mol. The van der Waals surface area contributed by atoms with Crippen LogP contribution in [-0.4, -0.2) is 51.3 Å². The first-order valence-corrected chi connectivity index (χ1v) is 11.1. The molecule has 0 bridgehead atoms. The second kappa shape index (κ2) is 8.20. The molecule has 2 unspecified atom stereocenters. The highest BCUT2D eigenvalue weighted by molar-refractivity contribution is 8.09. The fourth-order valence-corrected chi connectivity index (χ4v) is 5.45. The maximum Gasteiger partial charge on any atom is 0.408 e. The molecule has 0 aliphatic carbocycles. The first kappa shape index (κ1) is 22.5. The lowest BCUT2D eigenvalue weighted by atomic mass is 10.1. The highest BCUT2D eigenvalue weighted by Gasteiger charge is 2.46. The number of carbonyl (C=O) groups is 2. The molecular formula is C21H15ClF3N5O3S. The predicted molar refractivity (Wildman–Crippen MR) is 121 cm³/mol. The average molecular weight is 510 g/mol. The molecule has 0 spiro atoms. The van der Waals surface area contributed by atoms with Crippen LogP contribution >= 0.6 is 23.4 Å². The quantitative estimate of drug-likeness (QED) is 0.566. The zero-order valence-corrected chi connectivity index (χ0v) is 18.9. The van der Waals surface area contributed by atoms with Crippen LogP contribution in [0.2, 0.25) is 5.02 Å². The van der Waals surface area contributed by atoms with E-state index in [0.717, 1.165) is 11.1 Å². The summed E-state index contributed by atoms with van der Waals surface area (Å²) in [6.45, 7) is -1.31. The summed E-state index contributed by atoms with van der Waals surface area (Å²) in [4.78, 5) is 31.9. The average Bonchev–Trinajstić information content (AvgIpc) is 3.37. The van der Waals surface area contributed by atoms with Gasteiger partial charge in [0.05, 0.1) is 31.2 Å². The number of thioether (sulfide) groups is 1. The topological polar surface area (TPSA) is 89.3 Å². The number of ether oxygens (including phenoxy) is 1. The van der Waals surface area contributed by atoms with E-state index in [1.165, 1.54) is 31.3 Å². The number of imide groups is 1. The van der Waals surface area contributed by atoms with Gasteiger partial charge in [0.25, 0.3) is 5.91 Å². The maximum absolute atomic E-state index is 13.4. The fourth-order valence-electron chi connectivity index (χ4n) is 3.88. The van der Waals surface area contributed by atoms with Gasteiger partial charge in [0.2, 0.25) is 0 Å². The molecule has 2 aliphatic heterocycles. The number of aromatic nitrogens is 3. The van der Waals surface area contributed by atoms with Crippen molar-refractivity contribution in [3.63, 3.8) is 0 Å². The SMILES string of the molecule is COc1ccc(Cl)c(C2=CC3NC(=O)N(c4cncc5nn(CC(F)(F)F)cc45)C(=O)C3S2)c1. The van der Waals surface area contributed by atoms with Crippen LogP contribution in [0.5, 0.6) is 5.75 Å². The number of urea groups is 1. The van der Waals surface area contributed by atoms with Crippen molar-refractivity contribution in [1.82, 2.24) is 20.1 Å². The van der Waals surface area contributed by atoms with E-state index in [-0.39, 0.29) is 16.6 Å². The lowest BCUT2D eigenvalue weighted by molar-refractivity contribution is -0.142. The molecule has 2 atom stereocenters. The summed E-state index contributed by atoms with van der Waals surface area (Å²) in [5.74, 6) is 0.0586. The molecule has 5 rings (SSSR count). The number of hydrogen-bond acceptors (Lipinski definition) is 6. The number of hydrogen-bond donors (Lipinski definition) is 1. The fraction of sp³-hybridized carbons (Fsp3) is 0.238. The number of halogens is 4. The molecule has 2 aromatic heterocycles. The third-order valence-corrected chi connectivity index (χ3v) is 7.04. The third-order valence-electron chi connectivity index (χ3n) is 5.35. The molecule has 1 fully saturated rings. The molecular weight excluding hydrogens is 495 g/mol. The minimum Gasteiger partial charge on any atom is -0.497 e. The molecule has 1 aromatic carbocycles. The van der Waals surface area contributed by atoms with Crippen LogP contribution < -0.4 is 15.0 Å². The highest BCUT2D eigenvalue weighted by atomic mass is 35.5. The first-order chi connectivity index (χ1) is 16.1. The molecule has 8 nitrogen and oxygen atoms in total. The standard InChI is InChI=1S/C21H15ClF3N5O3S/c1-33-10-2-3-13(22)11(4-10)17-5-14-18(34-17)19(31)30(20(32)27-14)16-7-26-6-15-12(16)8-29(28-15)9-21(23,24)25/h2-8,14,18H,9H2,1H3,(H,27,32). The molecule has 0 saturated carbocycles. The molecule has 0 radical (unpaired) electrons.